The summed E-state index contributed by atoms with van der Waals surface area (Å²) >= 11 is 5.13. The molecule has 0 saturated carbocycles. The van der Waals surface area contributed by atoms with Gasteiger partial charge in [-0.05, 0) is 38.5 Å². The van der Waals surface area contributed by atoms with E-state index in [9.17, 15) is 9.90 Å². The molecule has 110 valence electrons. The predicted octanol–water partition coefficient (Wildman–Crippen LogP) is 1.70. The molecule has 19 heavy (non-hydrogen) atoms. The molecule has 1 fully saturated rings. The Morgan fingerprint density at radius 1 is 1.42 bits per heavy atom. The second-order valence-electron chi connectivity index (χ2n) is 5.52. The fourth-order valence-corrected chi connectivity index (χ4v) is 3.27. The van der Waals surface area contributed by atoms with Gasteiger partial charge in [-0.25, -0.2) is 0 Å². The van der Waals surface area contributed by atoms with E-state index in [2.05, 4.69) is 0 Å². The van der Waals surface area contributed by atoms with Crippen molar-refractivity contribution >= 4 is 23.1 Å². The van der Waals surface area contributed by atoms with Crippen LogP contribution in [0.2, 0.25) is 0 Å². The Morgan fingerprint density at radius 3 is 2.21 bits per heavy atom. The first-order chi connectivity index (χ1) is 8.89. The fraction of sp³-hybridized carbons (Fsp3) is 0.857. The highest BCUT2D eigenvalue weighted by Gasteiger charge is 2.41. The maximum atomic E-state index is 12.7. The molecule has 1 aliphatic rings. The van der Waals surface area contributed by atoms with Crippen LogP contribution in [0.1, 0.15) is 46.5 Å². The van der Waals surface area contributed by atoms with Gasteiger partial charge in [0.1, 0.15) is 0 Å². The summed E-state index contributed by atoms with van der Waals surface area (Å²) in [6.45, 7) is 7.13. The van der Waals surface area contributed by atoms with Gasteiger partial charge in [0.05, 0.1) is 16.5 Å². The first-order valence-corrected chi connectivity index (χ1v) is 7.57. The summed E-state index contributed by atoms with van der Waals surface area (Å²) in [5.41, 5.74) is 5.13. The zero-order valence-electron chi connectivity index (χ0n) is 12.2. The summed E-state index contributed by atoms with van der Waals surface area (Å²) < 4.78 is 0. The van der Waals surface area contributed by atoms with E-state index in [0.717, 1.165) is 12.8 Å². The summed E-state index contributed by atoms with van der Waals surface area (Å²) in [5, 5.41) is 9.60. The number of thiocarbonyl (C=S) groups is 1. The number of nitrogens with zero attached hydrogens (tertiary/aromatic N) is 1. The monoisotopic (exact) mass is 286 g/mol. The lowest BCUT2D eigenvalue weighted by molar-refractivity contribution is -0.140. The molecule has 1 amide bonds. The van der Waals surface area contributed by atoms with Gasteiger partial charge >= 0.3 is 0 Å². The van der Waals surface area contributed by atoms with Gasteiger partial charge in [-0.1, -0.05) is 26.1 Å². The van der Waals surface area contributed by atoms with Gasteiger partial charge in [0.15, 0.2) is 0 Å². The molecular formula is C14H26N2O2S. The molecule has 1 saturated heterocycles. The van der Waals surface area contributed by atoms with Crippen molar-refractivity contribution in [2.24, 2.45) is 17.1 Å². The highest BCUT2D eigenvalue weighted by atomic mass is 32.1. The van der Waals surface area contributed by atoms with Crippen LogP contribution in [-0.4, -0.2) is 40.1 Å². The third kappa shape index (κ3) is 3.26. The van der Waals surface area contributed by atoms with Crippen LogP contribution in [0.4, 0.5) is 0 Å². The average Bonchev–Trinajstić information content (AvgIpc) is 2.40. The molecule has 0 aromatic heterocycles. The molecule has 1 aliphatic heterocycles. The molecule has 0 spiro atoms. The smallest absolute Gasteiger partial charge is 0.235 e. The van der Waals surface area contributed by atoms with Crippen molar-refractivity contribution in [1.29, 1.82) is 0 Å². The van der Waals surface area contributed by atoms with Crippen LogP contribution in [-0.2, 0) is 4.79 Å². The summed E-state index contributed by atoms with van der Waals surface area (Å²) in [6.07, 6.45) is 2.70. The minimum atomic E-state index is -0.687. The Labute approximate surface area is 121 Å². The van der Waals surface area contributed by atoms with Crippen LogP contribution in [0.5, 0.6) is 0 Å². The first-order valence-electron chi connectivity index (χ1n) is 7.16. The van der Waals surface area contributed by atoms with Gasteiger partial charge in [-0.15, -0.1) is 0 Å². The molecule has 5 heteroatoms. The third-order valence-corrected chi connectivity index (χ3v) is 4.99. The molecule has 1 rings (SSSR count). The average molecular weight is 286 g/mol. The van der Waals surface area contributed by atoms with Crippen molar-refractivity contribution in [2.45, 2.75) is 52.6 Å². The van der Waals surface area contributed by atoms with Gasteiger partial charge in [0.25, 0.3) is 0 Å². The number of aliphatic hydroxyl groups excluding tert-OH is 1. The van der Waals surface area contributed by atoms with Gasteiger partial charge < -0.3 is 15.7 Å². The molecule has 3 N–H and O–H groups in total. The van der Waals surface area contributed by atoms with E-state index >= 15 is 0 Å². The fourth-order valence-electron chi connectivity index (χ4n) is 2.89. The maximum absolute atomic E-state index is 12.7. The number of hydrogen-bond donors (Lipinski definition) is 2. The highest BCUT2D eigenvalue weighted by molar-refractivity contribution is 7.80. The molecular weight excluding hydrogens is 260 g/mol. The van der Waals surface area contributed by atoms with Crippen LogP contribution >= 0.6 is 12.2 Å². The lowest BCUT2D eigenvalue weighted by Gasteiger charge is -2.39. The number of likely N-dealkylation sites (tertiary alicyclic amines) is 1. The normalized spacial score (nSPS) is 19.3. The lowest BCUT2D eigenvalue weighted by atomic mass is 9.79. The van der Waals surface area contributed by atoms with Gasteiger partial charge in [0.2, 0.25) is 5.91 Å². The number of nitrogens with two attached hydrogens (primary N) is 1. The Balaban J connectivity index is 2.76. The second-order valence-corrected chi connectivity index (χ2v) is 5.96. The Kier molecular flexibility index (Phi) is 5.74. The van der Waals surface area contributed by atoms with E-state index in [4.69, 9.17) is 18.0 Å². The van der Waals surface area contributed by atoms with E-state index in [0.29, 0.717) is 36.8 Å². The predicted molar refractivity (Wildman–Crippen MR) is 80.8 cm³/mol. The third-order valence-electron chi connectivity index (χ3n) is 4.60. The van der Waals surface area contributed by atoms with Crippen molar-refractivity contribution in [3.8, 4) is 0 Å². The Hall–Kier alpha value is -0.680. The van der Waals surface area contributed by atoms with E-state index in [1.165, 1.54) is 0 Å². The molecule has 0 aromatic carbocycles. The molecule has 4 nitrogen and oxygen atoms in total. The van der Waals surface area contributed by atoms with E-state index in [1.54, 1.807) is 0 Å². The molecule has 0 aliphatic carbocycles. The topological polar surface area (TPSA) is 66.6 Å². The lowest BCUT2D eigenvalue weighted by Crippen LogP contribution is -2.52. The van der Waals surface area contributed by atoms with Crippen molar-refractivity contribution in [3.05, 3.63) is 0 Å². The quantitative estimate of drug-likeness (QED) is 0.755. The number of carbonyl (C=O) groups is 1. The summed E-state index contributed by atoms with van der Waals surface area (Å²) in [6, 6.07) is 0. The van der Waals surface area contributed by atoms with E-state index in [-0.39, 0.29) is 12.0 Å². The van der Waals surface area contributed by atoms with Crippen LogP contribution in [0.25, 0.3) is 0 Å². The van der Waals surface area contributed by atoms with Crippen molar-refractivity contribution in [3.63, 3.8) is 0 Å². The molecule has 0 radical (unpaired) electrons. The second kappa shape index (κ2) is 6.66. The van der Waals surface area contributed by atoms with Crippen LogP contribution in [0, 0.1) is 11.3 Å². The van der Waals surface area contributed by atoms with Crippen molar-refractivity contribution in [1.82, 2.24) is 4.90 Å². The number of hydrogen-bond acceptors (Lipinski definition) is 3. The van der Waals surface area contributed by atoms with Crippen LogP contribution < -0.4 is 5.73 Å². The Morgan fingerprint density at radius 2 is 1.89 bits per heavy atom. The number of piperidine rings is 1. The zero-order valence-corrected chi connectivity index (χ0v) is 13.0. The number of aliphatic hydroxyl groups is 1. The van der Waals surface area contributed by atoms with Crippen LogP contribution in [0.3, 0.4) is 0 Å². The van der Waals surface area contributed by atoms with E-state index < -0.39 is 5.41 Å². The summed E-state index contributed by atoms with van der Waals surface area (Å²) in [4.78, 5) is 14.9. The molecule has 0 bridgehead atoms. The largest absolute Gasteiger partial charge is 0.393 e. The number of rotatable bonds is 5. The van der Waals surface area contributed by atoms with Gasteiger partial charge in [-0.3, -0.25) is 4.79 Å². The molecule has 1 unspecified atom stereocenters. The van der Waals surface area contributed by atoms with Crippen LogP contribution in [0.15, 0.2) is 0 Å². The minimum absolute atomic E-state index is 0.0639. The highest BCUT2D eigenvalue weighted by Crippen LogP contribution is 2.32. The summed E-state index contributed by atoms with van der Waals surface area (Å²) in [7, 11) is 0. The van der Waals surface area contributed by atoms with Gasteiger partial charge in [0, 0.05) is 13.1 Å². The number of carbonyl (C=O) groups excluding carboxylic acids is 1. The number of amides is 1. The first kappa shape index (κ1) is 16.4. The summed E-state index contributed by atoms with van der Waals surface area (Å²) in [5.74, 6) is 0.362. The Bertz CT molecular complexity index is 332. The van der Waals surface area contributed by atoms with E-state index in [1.807, 2.05) is 25.7 Å². The molecule has 1 heterocycles. The SMILES string of the molecule is CCC(CC)(C(=O)N1CCC(C(C)O)CC1)C(N)=S. The minimum Gasteiger partial charge on any atom is -0.393 e. The van der Waals surface area contributed by atoms with Crippen molar-refractivity contribution in [2.75, 3.05) is 13.1 Å². The molecule has 1 atom stereocenters. The standard InChI is InChI=1S/C14H26N2O2S/c1-4-14(5-2,12(15)19)13(18)16-8-6-11(7-9-16)10(3)17/h10-11,17H,4-9H2,1-3H3,(H2,15,19). The maximum Gasteiger partial charge on any atom is 0.235 e. The zero-order chi connectivity index (χ0) is 14.6. The van der Waals surface area contributed by atoms with Crippen molar-refractivity contribution < 1.29 is 9.90 Å². The van der Waals surface area contributed by atoms with Gasteiger partial charge in [-0.2, -0.15) is 0 Å². The molecule has 0 aromatic rings.